The van der Waals surface area contributed by atoms with E-state index in [-0.39, 0.29) is 0 Å². The zero-order valence-corrected chi connectivity index (χ0v) is 10.5. The third-order valence-electron chi connectivity index (χ3n) is 2.87. The van der Waals surface area contributed by atoms with Crippen LogP contribution in [0.15, 0.2) is 29.1 Å². The lowest BCUT2D eigenvalue weighted by atomic mass is 10.1. The molecule has 2 aromatic heterocycles. The number of nitrogens with zero attached hydrogens (tertiary/aromatic N) is 2. The molecular weight excluding hydrogens is 218 g/mol. The Morgan fingerprint density at radius 2 is 2.38 bits per heavy atom. The summed E-state index contributed by atoms with van der Waals surface area (Å²) in [5.74, 6) is 0. The Hall–Kier alpha value is -1.13. The standard InChI is InChI=1S/C12H17N3S/c1-13-11(12-5-7-14-15(12)2)4-3-10-6-8-16-9-10/h5-9,11,13H,3-4H2,1-2H3. The predicted octanol–water partition coefficient (Wildman–Crippen LogP) is 2.37. The predicted molar refractivity (Wildman–Crippen MR) is 67.6 cm³/mol. The molecule has 1 atom stereocenters. The van der Waals surface area contributed by atoms with E-state index in [1.165, 1.54) is 11.3 Å². The van der Waals surface area contributed by atoms with Gasteiger partial charge in [0, 0.05) is 19.3 Å². The van der Waals surface area contributed by atoms with E-state index in [4.69, 9.17) is 0 Å². The van der Waals surface area contributed by atoms with Crippen molar-refractivity contribution in [3.05, 3.63) is 40.3 Å². The molecule has 0 aliphatic carbocycles. The van der Waals surface area contributed by atoms with Crippen LogP contribution in [0.1, 0.15) is 23.7 Å². The molecule has 0 aromatic carbocycles. The van der Waals surface area contributed by atoms with Crippen molar-refractivity contribution in [3.63, 3.8) is 0 Å². The van der Waals surface area contributed by atoms with E-state index in [1.54, 1.807) is 11.3 Å². The van der Waals surface area contributed by atoms with Gasteiger partial charge in [-0.05, 0) is 48.3 Å². The Kier molecular flexibility index (Phi) is 3.74. The SMILES string of the molecule is CNC(CCc1ccsc1)c1ccnn1C. The molecule has 86 valence electrons. The number of nitrogens with one attached hydrogen (secondary N) is 1. The van der Waals surface area contributed by atoms with Crippen molar-refractivity contribution < 1.29 is 0 Å². The quantitative estimate of drug-likeness (QED) is 0.862. The summed E-state index contributed by atoms with van der Waals surface area (Å²) in [5.41, 5.74) is 2.67. The first kappa shape index (κ1) is 11.4. The summed E-state index contributed by atoms with van der Waals surface area (Å²) in [4.78, 5) is 0. The summed E-state index contributed by atoms with van der Waals surface area (Å²) >= 11 is 1.76. The van der Waals surface area contributed by atoms with Crippen LogP contribution in [-0.4, -0.2) is 16.8 Å². The van der Waals surface area contributed by atoms with Gasteiger partial charge in [0.05, 0.1) is 5.69 Å². The molecule has 16 heavy (non-hydrogen) atoms. The van der Waals surface area contributed by atoms with Crippen molar-refractivity contribution in [1.82, 2.24) is 15.1 Å². The van der Waals surface area contributed by atoms with Crippen molar-refractivity contribution in [3.8, 4) is 0 Å². The molecule has 0 aliphatic rings. The first-order valence-corrected chi connectivity index (χ1v) is 6.42. The molecule has 4 heteroatoms. The van der Waals surface area contributed by atoms with Crippen molar-refractivity contribution in [2.75, 3.05) is 7.05 Å². The molecule has 1 unspecified atom stereocenters. The first-order chi connectivity index (χ1) is 7.81. The van der Waals surface area contributed by atoms with E-state index in [0.717, 1.165) is 12.8 Å². The van der Waals surface area contributed by atoms with Crippen LogP contribution in [0.5, 0.6) is 0 Å². The van der Waals surface area contributed by atoms with Gasteiger partial charge in [-0.25, -0.2) is 0 Å². The topological polar surface area (TPSA) is 29.9 Å². The van der Waals surface area contributed by atoms with Crippen LogP contribution in [-0.2, 0) is 13.5 Å². The Morgan fingerprint density at radius 1 is 1.50 bits per heavy atom. The van der Waals surface area contributed by atoms with Crippen LogP contribution in [0.2, 0.25) is 0 Å². The third-order valence-corrected chi connectivity index (χ3v) is 3.60. The van der Waals surface area contributed by atoms with Gasteiger partial charge in [-0.1, -0.05) is 0 Å². The fraction of sp³-hybridized carbons (Fsp3) is 0.417. The first-order valence-electron chi connectivity index (χ1n) is 5.47. The largest absolute Gasteiger partial charge is 0.312 e. The molecular formula is C12H17N3S. The molecule has 0 bridgehead atoms. The minimum atomic E-state index is 0.382. The molecule has 2 heterocycles. The Labute approximate surface area is 100 Å². The average molecular weight is 235 g/mol. The van der Waals surface area contributed by atoms with Gasteiger partial charge < -0.3 is 5.32 Å². The molecule has 0 amide bonds. The lowest BCUT2D eigenvalue weighted by molar-refractivity contribution is 0.506. The Bertz CT molecular complexity index is 419. The second kappa shape index (κ2) is 5.27. The second-order valence-electron chi connectivity index (χ2n) is 3.89. The smallest absolute Gasteiger partial charge is 0.0550 e. The van der Waals surface area contributed by atoms with Gasteiger partial charge in [-0.2, -0.15) is 16.4 Å². The average Bonchev–Trinajstić information content (AvgIpc) is 2.92. The van der Waals surface area contributed by atoms with Crippen molar-refractivity contribution in [1.29, 1.82) is 0 Å². The second-order valence-corrected chi connectivity index (χ2v) is 4.67. The highest BCUT2D eigenvalue weighted by atomic mass is 32.1. The lowest BCUT2D eigenvalue weighted by Crippen LogP contribution is -2.20. The van der Waals surface area contributed by atoms with Gasteiger partial charge >= 0.3 is 0 Å². The molecule has 0 spiro atoms. The minimum absolute atomic E-state index is 0.382. The molecule has 1 N–H and O–H groups in total. The molecule has 2 rings (SSSR count). The number of hydrogen-bond donors (Lipinski definition) is 1. The van der Waals surface area contributed by atoms with Crippen LogP contribution in [0.3, 0.4) is 0 Å². The van der Waals surface area contributed by atoms with Gasteiger partial charge in [0.1, 0.15) is 0 Å². The van der Waals surface area contributed by atoms with Crippen molar-refractivity contribution in [2.45, 2.75) is 18.9 Å². The van der Waals surface area contributed by atoms with Gasteiger partial charge in [0.25, 0.3) is 0 Å². The fourth-order valence-corrected chi connectivity index (χ4v) is 2.62. The van der Waals surface area contributed by atoms with E-state index in [1.807, 2.05) is 25.0 Å². The van der Waals surface area contributed by atoms with Gasteiger partial charge in [0.2, 0.25) is 0 Å². The monoisotopic (exact) mass is 235 g/mol. The highest BCUT2D eigenvalue weighted by Gasteiger charge is 2.12. The summed E-state index contributed by atoms with van der Waals surface area (Å²) in [6, 6.07) is 4.66. The summed E-state index contributed by atoms with van der Waals surface area (Å²) in [6.07, 6.45) is 4.07. The molecule has 0 saturated heterocycles. The van der Waals surface area contributed by atoms with E-state index in [0.29, 0.717) is 6.04 Å². The van der Waals surface area contributed by atoms with Crippen LogP contribution in [0.25, 0.3) is 0 Å². The van der Waals surface area contributed by atoms with Crippen LogP contribution in [0.4, 0.5) is 0 Å². The molecule has 0 aliphatic heterocycles. The van der Waals surface area contributed by atoms with Crippen LogP contribution >= 0.6 is 11.3 Å². The molecule has 0 radical (unpaired) electrons. The third kappa shape index (κ3) is 2.51. The normalized spacial score (nSPS) is 12.9. The molecule has 3 nitrogen and oxygen atoms in total. The summed E-state index contributed by atoms with van der Waals surface area (Å²) in [6.45, 7) is 0. The van der Waals surface area contributed by atoms with E-state index in [2.05, 4.69) is 33.3 Å². The van der Waals surface area contributed by atoms with Crippen LogP contribution < -0.4 is 5.32 Å². The highest BCUT2D eigenvalue weighted by Crippen LogP contribution is 2.19. The maximum atomic E-state index is 4.21. The van der Waals surface area contributed by atoms with Crippen molar-refractivity contribution in [2.24, 2.45) is 7.05 Å². The van der Waals surface area contributed by atoms with Gasteiger partial charge in [0.15, 0.2) is 0 Å². The minimum Gasteiger partial charge on any atom is -0.312 e. The summed E-state index contributed by atoms with van der Waals surface area (Å²) in [5, 5.41) is 11.9. The van der Waals surface area contributed by atoms with E-state index in [9.17, 15) is 0 Å². The van der Waals surface area contributed by atoms with E-state index < -0.39 is 0 Å². The fourth-order valence-electron chi connectivity index (χ4n) is 1.91. The molecule has 0 saturated carbocycles. The van der Waals surface area contributed by atoms with Gasteiger partial charge in [-0.15, -0.1) is 0 Å². The number of hydrogen-bond acceptors (Lipinski definition) is 3. The van der Waals surface area contributed by atoms with Gasteiger partial charge in [-0.3, -0.25) is 4.68 Å². The van der Waals surface area contributed by atoms with Crippen molar-refractivity contribution >= 4 is 11.3 Å². The summed E-state index contributed by atoms with van der Waals surface area (Å²) in [7, 11) is 4.00. The molecule has 0 fully saturated rings. The Morgan fingerprint density at radius 3 is 2.94 bits per heavy atom. The van der Waals surface area contributed by atoms with E-state index >= 15 is 0 Å². The zero-order chi connectivity index (χ0) is 11.4. The molecule has 2 aromatic rings. The number of aromatic nitrogens is 2. The maximum absolute atomic E-state index is 4.21. The lowest BCUT2D eigenvalue weighted by Gasteiger charge is -2.15. The highest BCUT2D eigenvalue weighted by molar-refractivity contribution is 7.07. The zero-order valence-electron chi connectivity index (χ0n) is 9.68. The number of rotatable bonds is 5. The maximum Gasteiger partial charge on any atom is 0.0550 e. The Balaban J connectivity index is 1.99. The number of aryl methyl sites for hydroxylation is 2. The van der Waals surface area contributed by atoms with Crippen LogP contribution in [0, 0.1) is 0 Å². The number of thiophene rings is 1. The summed E-state index contributed by atoms with van der Waals surface area (Å²) < 4.78 is 1.94.